The first-order chi connectivity index (χ1) is 6.88. The summed E-state index contributed by atoms with van der Waals surface area (Å²) < 4.78 is 1.71. The highest BCUT2D eigenvalue weighted by Gasteiger charge is 2.25. The Morgan fingerprint density at radius 1 is 1.43 bits per heavy atom. The minimum absolute atomic E-state index is 0.468. The molecule has 0 N–H and O–H groups in total. The van der Waals surface area contributed by atoms with E-state index in [2.05, 4.69) is 15.3 Å². The Balaban J connectivity index is 2.13. The smallest absolute Gasteiger partial charge is 0.235 e. The molecule has 14 heavy (non-hydrogen) atoms. The molecule has 1 aliphatic carbocycles. The van der Waals surface area contributed by atoms with E-state index in [1.165, 1.54) is 17.8 Å². The van der Waals surface area contributed by atoms with Crippen LogP contribution >= 0.6 is 11.3 Å². The lowest BCUT2D eigenvalue weighted by molar-refractivity contribution is 0.112. The average molecular weight is 208 g/mol. The van der Waals surface area contributed by atoms with Crippen molar-refractivity contribution >= 4 is 22.6 Å². The van der Waals surface area contributed by atoms with Crippen molar-refractivity contribution in [2.75, 3.05) is 0 Å². The summed E-state index contributed by atoms with van der Waals surface area (Å²) in [7, 11) is 0. The van der Waals surface area contributed by atoms with Crippen molar-refractivity contribution in [3.05, 3.63) is 10.8 Å². The van der Waals surface area contributed by atoms with E-state index < -0.39 is 0 Å². The second-order valence-electron chi connectivity index (χ2n) is 3.44. The summed E-state index contributed by atoms with van der Waals surface area (Å²) >= 11 is 1.28. The van der Waals surface area contributed by atoms with Gasteiger partial charge in [0.25, 0.3) is 0 Å². The quantitative estimate of drug-likeness (QED) is 0.697. The first kappa shape index (κ1) is 8.05. The Hall–Kier alpha value is -1.30. The molecule has 3 rings (SSSR count). The van der Waals surface area contributed by atoms with Crippen LogP contribution in [0.15, 0.2) is 0 Å². The summed E-state index contributed by atoms with van der Waals surface area (Å²) in [4.78, 5) is 11.2. The summed E-state index contributed by atoms with van der Waals surface area (Å²) in [6.07, 6.45) is 4.33. The summed E-state index contributed by atoms with van der Waals surface area (Å²) in [6, 6.07) is 0. The summed E-state index contributed by atoms with van der Waals surface area (Å²) in [5, 5.41) is 12.7. The van der Waals surface area contributed by atoms with E-state index in [0.29, 0.717) is 15.9 Å². The van der Waals surface area contributed by atoms with Crippen molar-refractivity contribution in [3.8, 4) is 0 Å². The van der Waals surface area contributed by atoms with Gasteiger partial charge in [-0.1, -0.05) is 17.8 Å². The van der Waals surface area contributed by atoms with Gasteiger partial charge in [0, 0.05) is 5.92 Å². The number of carbonyl (C=O) groups excluding carboxylic acids is 1. The first-order valence-corrected chi connectivity index (χ1v) is 5.37. The minimum atomic E-state index is 0.468. The Bertz CT molecular complexity index is 484. The molecular formula is C8H8N4OS. The third-order valence-electron chi connectivity index (χ3n) is 2.60. The number of hydrogen-bond acceptors (Lipinski definition) is 5. The third kappa shape index (κ3) is 1.00. The lowest BCUT2D eigenvalue weighted by atomic mass is 9.85. The number of nitrogens with zero attached hydrogens (tertiary/aromatic N) is 4. The molecule has 0 atom stereocenters. The lowest BCUT2D eigenvalue weighted by Gasteiger charge is -2.22. The number of fused-ring (bicyclic) bond motifs is 1. The van der Waals surface area contributed by atoms with E-state index in [4.69, 9.17) is 0 Å². The second-order valence-corrected chi connectivity index (χ2v) is 4.43. The van der Waals surface area contributed by atoms with E-state index in [-0.39, 0.29) is 0 Å². The van der Waals surface area contributed by atoms with Crippen LogP contribution in [0, 0.1) is 0 Å². The molecule has 5 nitrogen and oxygen atoms in total. The van der Waals surface area contributed by atoms with Crippen LogP contribution < -0.4 is 0 Å². The number of aldehydes is 1. The molecule has 0 unspecified atom stereocenters. The van der Waals surface area contributed by atoms with Gasteiger partial charge in [-0.25, -0.2) is 0 Å². The van der Waals surface area contributed by atoms with Gasteiger partial charge in [-0.3, -0.25) is 4.79 Å². The largest absolute Gasteiger partial charge is 0.295 e. The van der Waals surface area contributed by atoms with Gasteiger partial charge in [-0.15, -0.1) is 15.3 Å². The van der Waals surface area contributed by atoms with E-state index >= 15 is 0 Å². The van der Waals surface area contributed by atoms with Crippen LogP contribution in [0.4, 0.5) is 0 Å². The van der Waals surface area contributed by atoms with E-state index in [0.717, 1.165) is 25.0 Å². The van der Waals surface area contributed by atoms with E-state index in [9.17, 15) is 4.79 Å². The Labute approximate surface area is 83.8 Å². The molecule has 0 saturated heterocycles. The van der Waals surface area contributed by atoms with Crippen molar-refractivity contribution in [2.24, 2.45) is 0 Å². The summed E-state index contributed by atoms with van der Waals surface area (Å²) in [5.41, 5.74) is 0. The van der Waals surface area contributed by atoms with Gasteiger partial charge >= 0.3 is 0 Å². The molecule has 0 bridgehead atoms. The maximum Gasteiger partial charge on any atom is 0.235 e. The van der Waals surface area contributed by atoms with Crippen LogP contribution in [-0.4, -0.2) is 26.1 Å². The van der Waals surface area contributed by atoms with Gasteiger partial charge in [0.2, 0.25) is 4.96 Å². The highest BCUT2D eigenvalue weighted by atomic mass is 32.1. The Kier molecular flexibility index (Phi) is 1.63. The molecule has 1 saturated carbocycles. The van der Waals surface area contributed by atoms with Gasteiger partial charge in [0.05, 0.1) is 0 Å². The zero-order chi connectivity index (χ0) is 9.54. The summed E-state index contributed by atoms with van der Waals surface area (Å²) in [6.45, 7) is 0. The van der Waals surface area contributed by atoms with Crippen LogP contribution in [0.1, 0.15) is 40.8 Å². The Morgan fingerprint density at radius 2 is 2.29 bits per heavy atom. The fraction of sp³-hybridized carbons (Fsp3) is 0.500. The van der Waals surface area contributed by atoms with Crippen molar-refractivity contribution in [3.63, 3.8) is 0 Å². The molecule has 6 heteroatoms. The van der Waals surface area contributed by atoms with Gasteiger partial charge in [0.15, 0.2) is 17.1 Å². The zero-order valence-corrected chi connectivity index (χ0v) is 8.20. The van der Waals surface area contributed by atoms with Crippen molar-refractivity contribution in [2.45, 2.75) is 25.2 Å². The minimum Gasteiger partial charge on any atom is -0.295 e. The van der Waals surface area contributed by atoms with Crippen LogP contribution in [0.5, 0.6) is 0 Å². The molecular weight excluding hydrogens is 200 g/mol. The molecule has 1 aliphatic rings. The molecule has 1 fully saturated rings. The number of carbonyl (C=O) groups is 1. The monoisotopic (exact) mass is 208 g/mol. The Morgan fingerprint density at radius 3 is 2.93 bits per heavy atom. The third-order valence-corrected chi connectivity index (χ3v) is 3.43. The number of hydrogen-bond donors (Lipinski definition) is 0. The fourth-order valence-corrected chi connectivity index (χ4v) is 2.28. The normalized spacial score (nSPS) is 17.1. The molecule has 0 aliphatic heterocycles. The lowest BCUT2D eigenvalue weighted by Crippen LogP contribution is -2.13. The molecule has 72 valence electrons. The van der Waals surface area contributed by atoms with Gasteiger partial charge in [-0.2, -0.15) is 4.52 Å². The molecule has 2 aromatic rings. The molecule has 0 spiro atoms. The standard InChI is InChI=1S/C8H8N4OS/c13-4-6-11-12-7(5-2-1-3-5)9-10-8(12)14-6/h4-5H,1-3H2. The SMILES string of the molecule is O=Cc1nn2c(C3CCC3)nnc2s1. The zero-order valence-electron chi connectivity index (χ0n) is 7.38. The van der Waals surface area contributed by atoms with Gasteiger partial charge in [-0.05, 0) is 12.8 Å². The molecule has 2 aromatic heterocycles. The predicted octanol–water partition coefficient (Wildman–Crippen LogP) is 1.27. The van der Waals surface area contributed by atoms with Crippen LogP contribution in [0.2, 0.25) is 0 Å². The fourth-order valence-electron chi connectivity index (χ4n) is 1.62. The van der Waals surface area contributed by atoms with Crippen LogP contribution in [0.25, 0.3) is 4.96 Å². The van der Waals surface area contributed by atoms with Crippen LogP contribution in [-0.2, 0) is 0 Å². The van der Waals surface area contributed by atoms with Gasteiger partial charge < -0.3 is 0 Å². The topological polar surface area (TPSA) is 60.2 Å². The maximum absolute atomic E-state index is 10.5. The number of rotatable bonds is 2. The average Bonchev–Trinajstić information content (AvgIpc) is 2.63. The van der Waals surface area contributed by atoms with Crippen molar-refractivity contribution < 1.29 is 4.79 Å². The van der Waals surface area contributed by atoms with Crippen molar-refractivity contribution in [1.82, 2.24) is 19.8 Å². The van der Waals surface area contributed by atoms with E-state index in [1.807, 2.05) is 0 Å². The molecule has 0 aromatic carbocycles. The predicted molar refractivity (Wildman–Crippen MR) is 50.6 cm³/mol. The number of aromatic nitrogens is 4. The highest BCUT2D eigenvalue weighted by molar-refractivity contribution is 7.18. The molecule has 0 amide bonds. The van der Waals surface area contributed by atoms with E-state index in [1.54, 1.807) is 4.52 Å². The second kappa shape index (κ2) is 2.84. The van der Waals surface area contributed by atoms with Crippen molar-refractivity contribution in [1.29, 1.82) is 0 Å². The highest BCUT2D eigenvalue weighted by Crippen LogP contribution is 2.35. The first-order valence-electron chi connectivity index (χ1n) is 4.56. The van der Waals surface area contributed by atoms with Gasteiger partial charge in [0.1, 0.15) is 0 Å². The van der Waals surface area contributed by atoms with Crippen LogP contribution in [0.3, 0.4) is 0 Å². The summed E-state index contributed by atoms with van der Waals surface area (Å²) in [5.74, 6) is 1.40. The maximum atomic E-state index is 10.5. The molecule has 0 radical (unpaired) electrons. The molecule has 2 heterocycles.